The Morgan fingerprint density at radius 2 is 1.64 bits per heavy atom. The zero-order valence-electron chi connectivity index (χ0n) is 12.5. The van der Waals surface area contributed by atoms with E-state index in [1.54, 1.807) is 6.07 Å². The Kier molecular flexibility index (Phi) is 3.85. The first kappa shape index (κ1) is 14.9. The lowest BCUT2D eigenvalue weighted by atomic mass is 10.0. The quantitative estimate of drug-likeness (QED) is 0.482. The van der Waals surface area contributed by atoms with Gasteiger partial charge >= 0.3 is 6.18 Å². The summed E-state index contributed by atoms with van der Waals surface area (Å²) in [5, 5.41) is 0. The third-order valence-electron chi connectivity index (χ3n) is 4.02. The lowest BCUT2D eigenvalue weighted by Crippen LogP contribution is -2.07. The van der Waals surface area contributed by atoms with Crippen molar-refractivity contribution in [3.05, 3.63) is 48.0 Å². The van der Waals surface area contributed by atoms with Crippen LogP contribution in [0.1, 0.15) is 31.7 Å². The summed E-state index contributed by atoms with van der Waals surface area (Å²) in [5.74, 6) is 0. The molecule has 0 aliphatic carbocycles. The predicted molar refractivity (Wildman–Crippen MR) is 83.4 cm³/mol. The van der Waals surface area contributed by atoms with Crippen LogP contribution in [0.25, 0.3) is 11.1 Å². The summed E-state index contributed by atoms with van der Waals surface area (Å²) in [5.41, 5.74) is 2.45. The maximum atomic E-state index is 13.2. The van der Waals surface area contributed by atoms with Crippen molar-refractivity contribution >= 4 is 11.4 Å². The first-order valence-electron chi connectivity index (χ1n) is 7.61. The van der Waals surface area contributed by atoms with Crippen LogP contribution in [-0.2, 0) is 6.18 Å². The number of anilines is 2. The fraction of sp³-hybridized carbons (Fsp3) is 0.333. The van der Waals surface area contributed by atoms with E-state index in [0.717, 1.165) is 36.1 Å². The number of alkyl halides is 3. The Morgan fingerprint density at radius 3 is 2.27 bits per heavy atom. The Bertz CT molecular complexity index is 662. The van der Waals surface area contributed by atoms with Gasteiger partial charge in [0, 0.05) is 12.1 Å². The molecule has 22 heavy (non-hydrogen) atoms. The monoisotopic (exact) mass is 305 g/mol. The highest BCUT2D eigenvalue weighted by molar-refractivity contribution is 6.05. The molecule has 0 atom stereocenters. The van der Waals surface area contributed by atoms with E-state index in [9.17, 15) is 13.2 Å². The minimum atomic E-state index is -4.29. The molecule has 0 bridgehead atoms. The van der Waals surface area contributed by atoms with E-state index in [-0.39, 0.29) is 0 Å². The SMILES string of the molecule is CCCCCN1c2c(-c3ccccc3)ccc(C(F)(F)F)c21. The Labute approximate surface area is 128 Å². The van der Waals surface area contributed by atoms with Crippen LogP contribution in [-0.4, -0.2) is 6.54 Å². The second-order valence-electron chi connectivity index (χ2n) is 5.58. The summed E-state index contributed by atoms with van der Waals surface area (Å²) in [6, 6.07) is 12.4. The van der Waals surface area contributed by atoms with Gasteiger partial charge in [-0.25, -0.2) is 0 Å². The van der Waals surface area contributed by atoms with Gasteiger partial charge in [0.2, 0.25) is 0 Å². The summed E-state index contributed by atoms with van der Waals surface area (Å²) in [4.78, 5) is 1.82. The standard InChI is InChI=1S/C18H18F3N/c1-2-3-7-12-22-16-14(13-8-5-4-6-9-13)10-11-15(17(16)22)18(19,20)21/h4-6,8-11H,2-3,7,12H2,1H3. The number of hydrogen-bond donors (Lipinski definition) is 0. The molecular weight excluding hydrogens is 287 g/mol. The van der Waals surface area contributed by atoms with E-state index in [1.165, 1.54) is 6.07 Å². The summed E-state index contributed by atoms with van der Waals surface area (Å²) < 4.78 is 39.5. The molecule has 0 saturated carbocycles. The van der Waals surface area contributed by atoms with E-state index >= 15 is 0 Å². The molecule has 0 unspecified atom stereocenters. The van der Waals surface area contributed by atoms with Gasteiger partial charge in [0.05, 0.1) is 16.9 Å². The van der Waals surface area contributed by atoms with E-state index in [2.05, 4.69) is 6.92 Å². The summed E-state index contributed by atoms with van der Waals surface area (Å²) >= 11 is 0. The molecule has 0 radical (unpaired) electrons. The summed E-state index contributed by atoms with van der Waals surface area (Å²) in [7, 11) is 0. The van der Waals surface area contributed by atoms with Gasteiger partial charge in [-0.05, 0) is 18.1 Å². The van der Waals surface area contributed by atoms with Crippen molar-refractivity contribution in [1.29, 1.82) is 0 Å². The number of nitrogens with zero attached hydrogens (tertiary/aromatic N) is 1. The molecular formula is C18H18F3N. The molecule has 2 aromatic carbocycles. The third-order valence-corrected chi connectivity index (χ3v) is 4.02. The number of rotatable bonds is 5. The van der Waals surface area contributed by atoms with Crippen LogP contribution < -0.4 is 4.90 Å². The van der Waals surface area contributed by atoms with Gasteiger partial charge in [-0.15, -0.1) is 0 Å². The van der Waals surface area contributed by atoms with Gasteiger partial charge in [-0.3, -0.25) is 0 Å². The lowest BCUT2D eigenvalue weighted by Gasteiger charge is -2.06. The van der Waals surface area contributed by atoms with Crippen LogP contribution in [0, 0.1) is 0 Å². The van der Waals surface area contributed by atoms with Gasteiger partial charge in [-0.1, -0.05) is 56.2 Å². The number of fused-ring (bicyclic) bond motifs is 1. The normalized spacial score (nSPS) is 13.2. The van der Waals surface area contributed by atoms with Crippen molar-refractivity contribution in [3.63, 3.8) is 0 Å². The molecule has 1 aliphatic rings. The molecule has 3 rings (SSSR count). The first-order chi connectivity index (χ1) is 10.5. The zero-order valence-corrected chi connectivity index (χ0v) is 12.5. The van der Waals surface area contributed by atoms with Crippen LogP contribution in [0.5, 0.6) is 0 Å². The van der Waals surface area contributed by atoms with E-state index in [0.29, 0.717) is 12.2 Å². The average molecular weight is 305 g/mol. The van der Waals surface area contributed by atoms with Crippen molar-refractivity contribution in [2.45, 2.75) is 32.4 Å². The van der Waals surface area contributed by atoms with Gasteiger partial charge in [0.15, 0.2) is 0 Å². The first-order valence-corrected chi connectivity index (χ1v) is 7.61. The fourth-order valence-corrected chi connectivity index (χ4v) is 2.89. The number of halogens is 3. The van der Waals surface area contributed by atoms with Crippen molar-refractivity contribution < 1.29 is 13.2 Å². The minimum absolute atomic E-state index is 0.366. The van der Waals surface area contributed by atoms with Crippen molar-refractivity contribution in [2.24, 2.45) is 0 Å². The largest absolute Gasteiger partial charge is 0.418 e. The smallest absolute Gasteiger partial charge is 0.337 e. The highest BCUT2D eigenvalue weighted by atomic mass is 19.4. The average Bonchev–Trinajstić information content (AvgIpc) is 3.21. The lowest BCUT2D eigenvalue weighted by molar-refractivity contribution is -0.136. The Balaban J connectivity index is 1.97. The molecule has 0 fully saturated rings. The molecule has 0 N–H and O–H groups in total. The minimum Gasteiger partial charge on any atom is -0.337 e. The van der Waals surface area contributed by atoms with Crippen LogP contribution in [0.4, 0.5) is 24.5 Å². The van der Waals surface area contributed by atoms with E-state index < -0.39 is 11.7 Å². The Morgan fingerprint density at radius 1 is 0.909 bits per heavy atom. The maximum Gasteiger partial charge on any atom is 0.418 e. The summed E-state index contributed by atoms with van der Waals surface area (Å²) in [6.07, 6.45) is -1.29. The molecule has 0 amide bonds. The van der Waals surface area contributed by atoms with Crippen LogP contribution in [0.15, 0.2) is 42.5 Å². The topological polar surface area (TPSA) is 3.01 Å². The van der Waals surface area contributed by atoms with Gasteiger partial charge < -0.3 is 4.90 Å². The van der Waals surface area contributed by atoms with E-state index in [4.69, 9.17) is 0 Å². The van der Waals surface area contributed by atoms with Crippen LogP contribution in [0.3, 0.4) is 0 Å². The highest BCUT2D eigenvalue weighted by Gasteiger charge is 2.44. The molecule has 4 heteroatoms. The summed E-state index contributed by atoms with van der Waals surface area (Å²) in [6.45, 7) is 2.75. The zero-order chi connectivity index (χ0) is 15.7. The third kappa shape index (κ3) is 2.70. The second-order valence-corrected chi connectivity index (χ2v) is 5.58. The molecule has 2 aromatic rings. The van der Waals surface area contributed by atoms with Crippen molar-refractivity contribution in [2.75, 3.05) is 11.4 Å². The highest BCUT2D eigenvalue weighted by Crippen LogP contribution is 2.59. The van der Waals surface area contributed by atoms with Crippen molar-refractivity contribution in [3.8, 4) is 11.1 Å². The second kappa shape index (κ2) is 5.67. The fourth-order valence-electron chi connectivity index (χ4n) is 2.89. The molecule has 1 nitrogen and oxygen atoms in total. The Hall–Kier alpha value is -1.97. The van der Waals surface area contributed by atoms with Crippen LogP contribution >= 0.6 is 0 Å². The van der Waals surface area contributed by atoms with Crippen molar-refractivity contribution in [1.82, 2.24) is 0 Å². The van der Waals surface area contributed by atoms with Gasteiger partial charge in [0.1, 0.15) is 0 Å². The van der Waals surface area contributed by atoms with Crippen LogP contribution in [0.2, 0.25) is 0 Å². The van der Waals surface area contributed by atoms with Gasteiger partial charge in [-0.2, -0.15) is 13.2 Å². The molecule has 0 spiro atoms. The van der Waals surface area contributed by atoms with Gasteiger partial charge in [0.25, 0.3) is 0 Å². The maximum absolute atomic E-state index is 13.2. The molecule has 1 heterocycles. The number of hydrogen-bond acceptors (Lipinski definition) is 1. The predicted octanol–water partition coefficient (Wildman–Crippen LogP) is 6.01. The molecule has 116 valence electrons. The molecule has 1 aliphatic heterocycles. The number of benzene rings is 2. The molecule has 0 saturated heterocycles. The molecule has 0 aromatic heterocycles. The van der Waals surface area contributed by atoms with E-state index in [1.807, 2.05) is 35.2 Å². The number of unbranched alkanes of at least 4 members (excludes halogenated alkanes) is 2.